The maximum Gasteiger partial charge on any atom is 0.251 e. The Hall–Kier alpha value is -2.50. The van der Waals surface area contributed by atoms with Gasteiger partial charge in [-0.2, -0.15) is 0 Å². The van der Waals surface area contributed by atoms with Crippen molar-refractivity contribution in [1.82, 2.24) is 15.2 Å². The lowest BCUT2D eigenvalue weighted by molar-refractivity contribution is 0.0950. The lowest BCUT2D eigenvalue weighted by Crippen LogP contribution is -2.41. The molecule has 30 heavy (non-hydrogen) atoms. The van der Waals surface area contributed by atoms with Crippen LogP contribution in [0.15, 0.2) is 54.0 Å². The van der Waals surface area contributed by atoms with Gasteiger partial charge in [-0.25, -0.2) is 4.98 Å². The molecule has 1 aromatic heterocycles. The molecule has 4 nitrogen and oxygen atoms in total. The summed E-state index contributed by atoms with van der Waals surface area (Å²) in [6.07, 6.45) is 8.05. The lowest BCUT2D eigenvalue weighted by atomic mass is 9.91. The monoisotopic (exact) mass is 417 g/mol. The van der Waals surface area contributed by atoms with Crippen LogP contribution in [0.1, 0.15) is 46.3 Å². The maximum atomic E-state index is 12.8. The summed E-state index contributed by atoms with van der Waals surface area (Å²) in [5.74, 6) is -0.00227. The fraction of sp³-hybridized carbons (Fsp3) is 0.360. The van der Waals surface area contributed by atoms with Crippen molar-refractivity contribution in [3.63, 3.8) is 0 Å². The molecule has 1 aliphatic heterocycles. The van der Waals surface area contributed by atoms with E-state index in [0.29, 0.717) is 6.54 Å². The van der Waals surface area contributed by atoms with E-state index in [1.807, 2.05) is 29.8 Å². The molecule has 0 radical (unpaired) electrons. The molecule has 2 aliphatic rings. The average molecular weight is 418 g/mol. The molecular weight excluding hydrogens is 390 g/mol. The second-order valence-electron chi connectivity index (χ2n) is 8.32. The van der Waals surface area contributed by atoms with Gasteiger partial charge in [0.1, 0.15) is 5.01 Å². The molecule has 0 unspecified atom stereocenters. The number of benzene rings is 2. The second kappa shape index (κ2) is 8.70. The van der Waals surface area contributed by atoms with Crippen LogP contribution >= 0.6 is 11.3 Å². The second-order valence-corrected chi connectivity index (χ2v) is 9.22. The minimum absolute atomic E-state index is 0.00227. The van der Waals surface area contributed by atoms with Crippen molar-refractivity contribution in [2.24, 2.45) is 0 Å². The van der Waals surface area contributed by atoms with E-state index in [1.165, 1.54) is 30.4 Å². The number of hydrogen-bond acceptors (Lipinski definition) is 4. The summed E-state index contributed by atoms with van der Waals surface area (Å²) in [4.78, 5) is 19.8. The molecule has 1 fully saturated rings. The van der Waals surface area contributed by atoms with Crippen molar-refractivity contribution in [2.75, 3.05) is 13.1 Å². The molecule has 5 heteroatoms. The van der Waals surface area contributed by atoms with Crippen LogP contribution in [0.5, 0.6) is 0 Å². The number of nitrogens with zero attached hydrogens (tertiary/aromatic N) is 2. The number of nitrogens with one attached hydrogen (secondary N) is 1. The van der Waals surface area contributed by atoms with Gasteiger partial charge in [0, 0.05) is 48.4 Å². The first-order chi connectivity index (χ1) is 14.8. The lowest BCUT2D eigenvalue weighted by Gasteiger charge is -2.36. The molecule has 1 amide bonds. The molecule has 5 rings (SSSR count). The Morgan fingerprint density at radius 2 is 1.97 bits per heavy atom. The summed E-state index contributed by atoms with van der Waals surface area (Å²) in [5, 5.41) is 6.07. The van der Waals surface area contributed by atoms with Gasteiger partial charge in [0.05, 0.1) is 0 Å². The molecular formula is C25H27N3OS. The van der Waals surface area contributed by atoms with Crippen molar-refractivity contribution in [1.29, 1.82) is 0 Å². The standard InChI is InChI=1S/C25H27N3OS/c29-24(27-17-18-3-1-4-22(15-18)25-26-11-14-30-25)21-8-7-19-9-12-28(23-5-2-6-23)13-10-20(19)16-21/h1,3-4,7-8,11,14-16,23H,2,5-6,9-10,12-13,17H2,(H,27,29). The highest BCUT2D eigenvalue weighted by atomic mass is 32.1. The van der Waals surface area contributed by atoms with Crippen molar-refractivity contribution in [3.05, 3.63) is 76.3 Å². The molecule has 0 atom stereocenters. The zero-order valence-corrected chi connectivity index (χ0v) is 18.0. The number of thiazole rings is 1. The van der Waals surface area contributed by atoms with Gasteiger partial charge in [-0.3, -0.25) is 9.69 Å². The molecule has 3 aromatic rings. The van der Waals surface area contributed by atoms with E-state index in [0.717, 1.165) is 53.7 Å². The molecule has 2 heterocycles. The largest absolute Gasteiger partial charge is 0.348 e. The van der Waals surface area contributed by atoms with Crippen LogP contribution in [-0.2, 0) is 19.4 Å². The van der Waals surface area contributed by atoms with Crippen LogP contribution in [0.4, 0.5) is 0 Å². The number of carbonyl (C=O) groups is 1. The smallest absolute Gasteiger partial charge is 0.251 e. The fourth-order valence-electron chi connectivity index (χ4n) is 4.47. The van der Waals surface area contributed by atoms with Gasteiger partial charge in [-0.1, -0.05) is 30.7 Å². The summed E-state index contributed by atoms with van der Waals surface area (Å²) >= 11 is 1.63. The van der Waals surface area contributed by atoms with E-state index in [4.69, 9.17) is 0 Å². The summed E-state index contributed by atoms with van der Waals surface area (Å²) in [5.41, 5.74) is 5.70. The van der Waals surface area contributed by atoms with Gasteiger partial charge in [0.15, 0.2) is 0 Å². The number of aromatic nitrogens is 1. The Morgan fingerprint density at radius 1 is 1.10 bits per heavy atom. The summed E-state index contributed by atoms with van der Waals surface area (Å²) in [7, 11) is 0. The number of fused-ring (bicyclic) bond motifs is 1. The van der Waals surface area contributed by atoms with Crippen LogP contribution in [0, 0.1) is 0 Å². The normalized spacial score (nSPS) is 17.1. The Bertz CT molecular complexity index is 1030. The highest BCUT2D eigenvalue weighted by molar-refractivity contribution is 7.13. The SMILES string of the molecule is O=C(NCc1cccc(-c2nccs2)c1)c1ccc2c(c1)CCN(C1CCC1)CC2. The molecule has 1 N–H and O–H groups in total. The Morgan fingerprint density at radius 3 is 2.73 bits per heavy atom. The molecule has 0 spiro atoms. The number of carbonyl (C=O) groups excluding carboxylic acids is 1. The molecule has 154 valence electrons. The van der Waals surface area contributed by atoms with Crippen molar-refractivity contribution in [3.8, 4) is 10.6 Å². The number of rotatable bonds is 5. The number of hydrogen-bond donors (Lipinski definition) is 1. The van der Waals surface area contributed by atoms with Gasteiger partial charge >= 0.3 is 0 Å². The van der Waals surface area contributed by atoms with Gasteiger partial charge in [0.2, 0.25) is 0 Å². The first-order valence-electron chi connectivity index (χ1n) is 10.9. The first-order valence-corrected chi connectivity index (χ1v) is 11.8. The fourth-order valence-corrected chi connectivity index (χ4v) is 5.10. The van der Waals surface area contributed by atoms with Crippen LogP contribution in [0.2, 0.25) is 0 Å². The van der Waals surface area contributed by atoms with E-state index < -0.39 is 0 Å². The minimum Gasteiger partial charge on any atom is -0.348 e. The third-order valence-corrected chi connectivity index (χ3v) is 7.28. The van der Waals surface area contributed by atoms with Gasteiger partial charge in [-0.05, 0) is 60.6 Å². The Balaban J connectivity index is 1.23. The molecule has 2 aromatic carbocycles. The van der Waals surface area contributed by atoms with Crippen LogP contribution in [0.3, 0.4) is 0 Å². The molecule has 1 saturated carbocycles. The van der Waals surface area contributed by atoms with Crippen molar-refractivity contribution >= 4 is 17.2 Å². The molecule has 0 saturated heterocycles. The minimum atomic E-state index is -0.00227. The Kier molecular flexibility index (Phi) is 5.65. The Labute approximate surface area is 182 Å². The number of amides is 1. The third-order valence-electron chi connectivity index (χ3n) is 6.46. The van der Waals surface area contributed by atoms with Gasteiger partial charge < -0.3 is 5.32 Å². The topological polar surface area (TPSA) is 45.2 Å². The van der Waals surface area contributed by atoms with Crippen LogP contribution in [0.25, 0.3) is 10.6 Å². The van der Waals surface area contributed by atoms with E-state index in [1.54, 1.807) is 11.3 Å². The van der Waals surface area contributed by atoms with Crippen LogP contribution in [-0.4, -0.2) is 34.9 Å². The summed E-state index contributed by atoms with van der Waals surface area (Å²) in [6.45, 7) is 2.79. The predicted octanol–water partition coefficient (Wildman–Crippen LogP) is 4.69. The summed E-state index contributed by atoms with van der Waals surface area (Å²) < 4.78 is 0. The first kappa shape index (κ1) is 19.5. The zero-order chi connectivity index (χ0) is 20.3. The molecule has 0 bridgehead atoms. The quantitative estimate of drug-likeness (QED) is 0.655. The van der Waals surface area contributed by atoms with Gasteiger partial charge in [0.25, 0.3) is 5.91 Å². The van der Waals surface area contributed by atoms with Crippen LogP contribution < -0.4 is 5.32 Å². The van der Waals surface area contributed by atoms with Crippen molar-refractivity contribution < 1.29 is 4.79 Å². The summed E-state index contributed by atoms with van der Waals surface area (Å²) in [6, 6.07) is 15.3. The average Bonchev–Trinajstić information content (AvgIpc) is 3.20. The van der Waals surface area contributed by atoms with Gasteiger partial charge in [-0.15, -0.1) is 11.3 Å². The molecule has 1 aliphatic carbocycles. The van der Waals surface area contributed by atoms with E-state index in [9.17, 15) is 4.79 Å². The van der Waals surface area contributed by atoms with E-state index in [2.05, 4.69) is 39.5 Å². The zero-order valence-electron chi connectivity index (χ0n) is 17.1. The maximum absolute atomic E-state index is 12.8. The highest BCUT2D eigenvalue weighted by Crippen LogP contribution is 2.28. The van der Waals surface area contributed by atoms with E-state index >= 15 is 0 Å². The van der Waals surface area contributed by atoms with Crippen molar-refractivity contribution in [2.45, 2.75) is 44.7 Å². The van der Waals surface area contributed by atoms with E-state index in [-0.39, 0.29) is 5.91 Å². The third kappa shape index (κ3) is 4.18. The highest BCUT2D eigenvalue weighted by Gasteiger charge is 2.26. The predicted molar refractivity (Wildman–Crippen MR) is 122 cm³/mol.